The van der Waals surface area contributed by atoms with Gasteiger partial charge >= 0.3 is 5.97 Å². The lowest BCUT2D eigenvalue weighted by atomic mass is 10.2. The molecule has 0 aromatic heterocycles. The van der Waals surface area contributed by atoms with Gasteiger partial charge in [0.25, 0.3) is 0 Å². The topological polar surface area (TPSA) is 40.5 Å². The zero-order chi connectivity index (χ0) is 12.8. The number of carbonyl (C=O) groups is 1. The van der Waals surface area contributed by atoms with Crippen LogP contribution in [0.5, 0.6) is 0 Å². The van der Waals surface area contributed by atoms with E-state index in [4.69, 9.17) is 16.7 Å². The van der Waals surface area contributed by atoms with E-state index in [2.05, 4.69) is 15.9 Å². The molecule has 0 saturated carbocycles. The molecular formula is C12H15BrClNO2. The third-order valence-corrected chi connectivity index (χ3v) is 3.16. The van der Waals surface area contributed by atoms with Gasteiger partial charge in [-0.15, -0.1) is 0 Å². The van der Waals surface area contributed by atoms with Crippen LogP contribution in [0.2, 0.25) is 5.02 Å². The molecule has 0 aliphatic carbocycles. The van der Waals surface area contributed by atoms with Crippen LogP contribution in [0.1, 0.15) is 18.9 Å². The van der Waals surface area contributed by atoms with Crippen LogP contribution < -0.4 is 0 Å². The number of hydrogen-bond acceptors (Lipinski definition) is 2. The number of hydrogen-bond donors (Lipinski definition) is 1. The Bertz CT molecular complexity index is 398. The minimum absolute atomic E-state index is 0.0384. The van der Waals surface area contributed by atoms with Gasteiger partial charge in [0.2, 0.25) is 0 Å². The maximum absolute atomic E-state index is 10.7. The Morgan fingerprint density at radius 3 is 2.82 bits per heavy atom. The van der Waals surface area contributed by atoms with E-state index in [1.165, 1.54) is 0 Å². The molecule has 0 aliphatic rings. The number of rotatable bonds is 6. The van der Waals surface area contributed by atoms with Crippen molar-refractivity contribution in [1.29, 1.82) is 0 Å². The average Bonchev–Trinajstić information content (AvgIpc) is 2.23. The second-order valence-corrected chi connectivity index (χ2v) is 5.16. The van der Waals surface area contributed by atoms with Gasteiger partial charge in [0.15, 0.2) is 0 Å². The van der Waals surface area contributed by atoms with Crippen LogP contribution in [0.15, 0.2) is 22.7 Å². The number of nitrogens with zero attached hydrogens (tertiary/aromatic N) is 1. The normalized spacial score (nSPS) is 10.8. The molecule has 0 fully saturated rings. The first kappa shape index (κ1) is 14.5. The van der Waals surface area contributed by atoms with Crippen molar-refractivity contribution in [1.82, 2.24) is 4.90 Å². The lowest BCUT2D eigenvalue weighted by molar-refractivity contribution is -0.138. The summed E-state index contributed by atoms with van der Waals surface area (Å²) in [6.45, 7) is 3.36. The van der Waals surface area contributed by atoms with E-state index in [9.17, 15) is 4.79 Å². The lowest BCUT2D eigenvalue weighted by Crippen LogP contribution is -2.30. The molecular weight excluding hydrogens is 305 g/mol. The third kappa shape index (κ3) is 5.06. The van der Waals surface area contributed by atoms with E-state index in [0.29, 0.717) is 11.6 Å². The molecule has 1 aromatic rings. The van der Waals surface area contributed by atoms with Crippen LogP contribution >= 0.6 is 27.5 Å². The Balaban J connectivity index is 2.77. The quantitative estimate of drug-likeness (QED) is 0.873. The van der Waals surface area contributed by atoms with Gasteiger partial charge in [-0.3, -0.25) is 9.69 Å². The standard InChI is InChI=1S/C12H15BrClNO2/c1-2-5-15(8-12(16)17)7-9-6-10(13)3-4-11(9)14/h3-4,6H,2,5,7-8H2,1H3,(H,16,17). The molecule has 17 heavy (non-hydrogen) atoms. The molecule has 0 bridgehead atoms. The van der Waals surface area contributed by atoms with E-state index < -0.39 is 5.97 Å². The van der Waals surface area contributed by atoms with Crippen molar-refractivity contribution in [2.75, 3.05) is 13.1 Å². The van der Waals surface area contributed by atoms with Crippen molar-refractivity contribution < 1.29 is 9.90 Å². The Morgan fingerprint density at radius 1 is 1.53 bits per heavy atom. The Morgan fingerprint density at radius 2 is 2.24 bits per heavy atom. The van der Waals surface area contributed by atoms with Crippen molar-refractivity contribution >= 4 is 33.5 Å². The summed E-state index contributed by atoms with van der Waals surface area (Å²) in [5, 5.41) is 9.49. The fourth-order valence-corrected chi connectivity index (χ4v) is 2.21. The zero-order valence-electron chi connectivity index (χ0n) is 9.62. The minimum Gasteiger partial charge on any atom is -0.480 e. The molecule has 0 spiro atoms. The highest BCUT2D eigenvalue weighted by atomic mass is 79.9. The van der Waals surface area contributed by atoms with Crippen LogP contribution in [-0.2, 0) is 11.3 Å². The van der Waals surface area contributed by atoms with Gasteiger partial charge < -0.3 is 5.11 Å². The van der Waals surface area contributed by atoms with Gasteiger partial charge in [-0.2, -0.15) is 0 Å². The smallest absolute Gasteiger partial charge is 0.317 e. The van der Waals surface area contributed by atoms with Gasteiger partial charge in [-0.25, -0.2) is 0 Å². The van der Waals surface area contributed by atoms with E-state index >= 15 is 0 Å². The molecule has 0 amide bonds. The number of aliphatic carboxylic acids is 1. The first-order chi connectivity index (χ1) is 8.02. The van der Waals surface area contributed by atoms with Crippen molar-refractivity contribution in [2.45, 2.75) is 19.9 Å². The molecule has 0 atom stereocenters. The largest absolute Gasteiger partial charge is 0.480 e. The van der Waals surface area contributed by atoms with E-state index in [1.807, 2.05) is 30.0 Å². The van der Waals surface area contributed by atoms with Crippen molar-refractivity contribution in [3.05, 3.63) is 33.3 Å². The van der Waals surface area contributed by atoms with Crippen molar-refractivity contribution in [3.8, 4) is 0 Å². The van der Waals surface area contributed by atoms with Crippen molar-refractivity contribution in [3.63, 3.8) is 0 Å². The predicted molar refractivity (Wildman–Crippen MR) is 72.4 cm³/mol. The summed E-state index contributed by atoms with van der Waals surface area (Å²) in [7, 11) is 0. The van der Waals surface area contributed by atoms with Gasteiger partial charge in [0, 0.05) is 16.0 Å². The summed E-state index contributed by atoms with van der Waals surface area (Å²) in [5.74, 6) is -0.815. The minimum atomic E-state index is -0.815. The lowest BCUT2D eigenvalue weighted by Gasteiger charge is -2.20. The van der Waals surface area contributed by atoms with Gasteiger partial charge in [-0.05, 0) is 36.7 Å². The second-order valence-electron chi connectivity index (χ2n) is 3.84. The zero-order valence-corrected chi connectivity index (χ0v) is 12.0. The van der Waals surface area contributed by atoms with Crippen LogP contribution in [-0.4, -0.2) is 29.1 Å². The summed E-state index contributed by atoms with van der Waals surface area (Å²) in [6, 6.07) is 5.60. The first-order valence-corrected chi connectivity index (χ1v) is 6.58. The predicted octanol–water partition coefficient (Wildman–Crippen LogP) is 3.40. The molecule has 0 heterocycles. The monoisotopic (exact) mass is 319 g/mol. The summed E-state index contributed by atoms with van der Waals surface area (Å²) in [5.41, 5.74) is 0.941. The molecule has 1 N–H and O–H groups in total. The summed E-state index contributed by atoms with van der Waals surface area (Å²) >= 11 is 9.46. The highest BCUT2D eigenvalue weighted by molar-refractivity contribution is 9.10. The number of carboxylic acids is 1. The van der Waals surface area contributed by atoms with E-state index in [1.54, 1.807) is 0 Å². The molecule has 1 rings (SSSR count). The van der Waals surface area contributed by atoms with Crippen molar-refractivity contribution in [2.24, 2.45) is 0 Å². The maximum atomic E-state index is 10.7. The van der Waals surface area contributed by atoms with Gasteiger partial charge in [0.05, 0.1) is 6.54 Å². The molecule has 1 aromatic carbocycles. The number of benzene rings is 1. The molecule has 0 saturated heterocycles. The average molecular weight is 321 g/mol. The number of halogens is 2. The van der Waals surface area contributed by atoms with Crippen LogP contribution in [0, 0.1) is 0 Å². The van der Waals surface area contributed by atoms with Gasteiger partial charge in [-0.1, -0.05) is 34.5 Å². The molecule has 94 valence electrons. The van der Waals surface area contributed by atoms with Crippen LogP contribution in [0.4, 0.5) is 0 Å². The highest BCUT2D eigenvalue weighted by Gasteiger charge is 2.11. The maximum Gasteiger partial charge on any atom is 0.317 e. The molecule has 0 radical (unpaired) electrons. The molecule has 0 aliphatic heterocycles. The first-order valence-electron chi connectivity index (χ1n) is 5.41. The molecule has 0 unspecified atom stereocenters. The molecule has 3 nitrogen and oxygen atoms in total. The highest BCUT2D eigenvalue weighted by Crippen LogP contribution is 2.22. The fraction of sp³-hybridized carbons (Fsp3) is 0.417. The molecule has 5 heteroatoms. The van der Waals surface area contributed by atoms with E-state index in [-0.39, 0.29) is 6.54 Å². The summed E-state index contributed by atoms with van der Waals surface area (Å²) in [4.78, 5) is 12.6. The fourth-order valence-electron chi connectivity index (χ4n) is 1.63. The Hall–Kier alpha value is -0.580. The summed E-state index contributed by atoms with van der Waals surface area (Å²) < 4.78 is 0.948. The van der Waals surface area contributed by atoms with Gasteiger partial charge in [0.1, 0.15) is 0 Å². The second kappa shape index (κ2) is 6.99. The van der Waals surface area contributed by atoms with Crippen LogP contribution in [0.25, 0.3) is 0 Å². The van der Waals surface area contributed by atoms with E-state index in [0.717, 1.165) is 23.0 Å². The summed E-state index contributed by atoms with van der Waals surface area (Å²) in [6.07, 6.45) is 0.916. The SMILES string of the molecule is CCCN(CC(=O)O)Cc1cc(Br)ccc1Cl. The third-order valence-electron chi connectivity index (χ3n) is 2.30. The van der Waals surface area contributed by atoms with Crippen LogP contribution in [0.3, 0.4) is 0 Å². The Labute approximate surface area is 115 Å². The Kier molecular flexibility index (Phi) is 5.95. The number of carboxylic acid groups (broad SMARTS) is 1.